The van der Waals surface area contributed by atoms with Crippen LogP contribution in [0.25, 0.3) is 11.3 Å². The molecular formula is C26H29N4O6S+. The molecule has 11 heteroatoms. The van der Waals surface area contributed by atoms with Crippen LogP contribution < -0.4 is 29.4 Å². The molecule has 0 fully saturated rings. The summed E-state index contributed by atoms with van der Waals surface area (Å²) in [7, 11) is 2.88. The predicted molar refractivity (Wildman–Crippen MR) is 138 cm³/mol. The molecule has 10 nitrogen and oxygen atoms in total. The van der Waals surface area contributed by atoms with Gasteiger partial charge in [-0.15, -0.1) is 0 Å². The minimum absolute atomic E-state index is 0.117. The first-order chi connectivity index (χ1) is 17.8. The molecule has 0 saturated carbocycles. The van der Waals surface area contributed by atoms with Gasteiger partial charge in [-0.05, 0) is 35.4 Å². The van der Waals surface area contributed by atoms with Crippen LogP contribution in [-0.2, 0) is 9.59 Å². The molecule has 37 heavy (non-hydrogen) atoms. The zero-order chi connectivity index (χ0) is 26.7. The van der Waals surface area contributed by atoms with Crippen molar-refractivity contribution in [1.82, 2.24) is 10.1 Å². The Bertz CT molecular complexity index is 1380. The molecule has 1 N–H and O–H groups in total. The number of benzene rings is 2. The summed E-state index contributed by atoms with van der Waals surface area (Å²) in [4.78, 5) is 42.7. The van der Waals surface area contributed by atoms with Crippen LogP contribution in [0.1, 0.15) is 45.3 Å². The second-order valence-corrected chi connectivity index (χ2v) is 9.47. The van der Waals surface area contributed by atoms with Crippen molar-refractivity contribution in [1.29, 1.82) is 0 Å². The lowest BCUT2D eigenvalue weighted by molar-refractivity contribution is -0.763. The van der Waals surface area contributed by atoms with E-state index in [2.05, 4.69) is 11.9 Å². The molecule has 1 aliphatic heterocycles. The van der Waals surface area contributed by atoms with Crippen molar-refractivity contribution < 1.29 is 28.5 Å². The number of aromatic nitrogens is 3. The van der Waals surface area contributed by atoms with E-state index in [1.807, 2.05) is 12.1 Å². The number of hydrogen-bond donors (Lipinski definition) is 1. The largest absolute Gasteiger partial charge is 0.493 e. The number of rotatable bonds is 8. The van der Waals surface area contributed by atoms with Crippen LogP contribution in [-0.4, -0.2) is 41.9 Å². The average Bonchev–Trinajstić information content (AvgIpc) is 2.87. The van der Waals surface area contributed by atoms with Gasteiger partial charge in [-0.2, -0.15) is 0 Å². The molecular weight excluding hydrogens is 496 g/mol. The van der Waals surface area contributed by atoms with Gasteiger partial charge in [-0.3, -0.25) is 19.4 Å². The number of nitrogens with zero attached hydrogens (tertiary/aromatic N) is 3. The Morgan fingerprint density at radius 3 is 2.41 bits per heavy atom. The third kappa shape index (κ3) is 5.04. The fourth-order valence-corrected chi connectivity index (χ4v) is 5.22. The summed E-state index contributed by atoms with van der Waals surface area (Å²) in [5, 5.41) is 5.23. The molecule has 2 aromatic carbocycles. The SMILES string of the molecule is CCCCSc1n[n+]2c(c(=O)[nH]1)-c1ccccc1N(C(C)=O)C2c1cc(OC)c(OC(C)=O)c(OC)c1. The van der Waals surface area contributed by atoms with Crippen molar-refractivity contribution in [3.05, 3.63) is 52.3 Å². The number of thioether (sulfide) groups is 1. The van der Waals surface area contributed by atoms with E-state index in [0.717, 1.165) is 18.6 Å². The van der Waals surface area contributed by atoms with Gasteiger partial charge in [0.05, 0.1) is 31.0 Å². The summed E-state index contributed by atoms with van der Waals surface area (Å²) in [6.45, 7) is 4.83. The monoisotopic (exact) mass is 525 g/mol. The van der Waals surface area contributed by atoms with E-state index in [-0.39, 0.29) is 28.7 Å². The number of hydrogen-bond acceptors (Lipinski definition) is 8. The number of anilines is 1. The van der Waals surface area contributed by atoms with Gasteiger partial charge in [0, 0.05) is 24.7 Å². The summed E-state index contributed by atoms with van der Waals surface area (Å²) in [5.74, 6) is 0.581. The normalized spacial score (nSPS) is 14.0. The lowest BCUT2D eigenvalue weighted by Crippen LogP contribution is -2.60. The van der Waals surface area contributed by atoms with Crippen molar-refractivity contribution in [2.75, 3.05) is 24.9 Å². The molecule has 0 saturated heterocycles. The van der Waals surface area contributed by atoms with E-state index < -0.39 is 12.1 Å². The van der Waals surface area contributed by atoms with E-state index in [9.17, 15) is 14.4 Å². The highest BCUT2D eigenvalue weighted by Crippen LogP contribution is 2.43. The number of nitrogens with one attached hydrogen (secondary N) is 1. The molecule has 3 aromatic rings. The molecule has 1 aliphatic rings. The fraction of sp³-hybridized carbons (Fsp3) is 0.346. The Labute approximate surface area is 218 Å². The second kappa shape index (κ2) is 11.0. The first kappa shape index (κ1) is 26.2. The summed E-state index contributed by atoms with van der Waals surface area (Å²) in [6.07, 6.45) is 1.13. The average molecular weight is 526 g/mol. The quantitative estimate of drug-likeness (QED) is 0.156. The van der Waals surface area contributed by atoms with Gasteiger partial charge in [0.15, 0.2) is 11.5 Å². The minimum atomic E-state index is -0.843. The third-order valence-electron chi connectivity index (χ3n) is 5.86. The predicted octanol–water partition coefficient (Wildman–Crippen LogP) is 3.47. The Balaban J connectivity index is 2.01. The number of fused-ring (bicyclic) bond motifs is 3. The van der Waals surface area contributed by atoms with Crippen molar-refractivity contribution in [2.24, 2.45) is 0 Å². The first-order valence-electron chi connectivity index (χ1n) is 11.8. The Kier molecular flexibility index (Phi) is 7.82. The molecule has 1 atom stereocenters. The van der Waals surface area contributed by atoms with Gasteiger partial charge in [-0.25, -0.2) is 4.90 Å². The van der Waals surface area contributed by atoms with Crippen molar-refractivity contribution in [3.63, 3.8) is 0 Å². The maximum absolute atomic E-state index is 13.4. The molecule has 194 valence electrons. The van der Waals surface area contributed by atoms with Crippen molar-refractivity contribution in [2.45, 2.75) is 44.9 Å². The number of amides is 1. The number of unbranched alkanes of at least 4 members (excludes halogenated alkanes) is 1. The lowest BCUT2D eigenvalue weighted by Gasteiger charge is -2.31. The second-order valence-electron chi connectivity index (χ2n) is 8.38. The van der Waals surface area contributed by atoms with E-state index in [1.54, 1.807) is 33.8 Å². The van der Waals surface area contributed by atoms with Crippen LogP contribution in [0.15, 0.2) is 46.3 Å². The van der Waals surface area contributed by atoms with Crippen LogP contribution >= 0.6 is 11.8 Å². The number of ether oxygens (including phenoxy) is 3. The van der Waals surface area contributed by atoms with E-state index in [4.69, 9.17) is 19.3 Å². The molecule has 0 aliphatic carbocycles. The van der Waals surface area contributed by atoms with Gasteiger partial charge in [0.1, 0.15) is 0 Å². The van der Waals surface area contributed by atoms with Crippen LogP contribution in [0.5, 0.6) is 17.2 Å². The third-order valence-corrected chi connectivity index (χ3v) is 6.81. The first-order valence-corrected chi connectivity index (χ1v) is 12.8. The molecule has 0 bridgehead atoms. The number of methoxy groups -OCH3 is 2. The topological polar surface area (TPSA) is 115 Å². The zero-order valence-corrected chi connectivity index (χ0v) is 22.2. The summed E-state index contributed by atoms with van der Waals surface area (Å²) in [5.41, 5.74) is 1.71. The van der Waals surface area contributed by atoms with Crippen LogP contribution in [0.2, 0.25) is 0 Å². The van der Waals surface area contributed by atoms with Crippen LogP contribution in [0, 0.1) is 0 Å². The highest BCUT2D eigenvalue weighted by Gasteiger charge is 2.45. The highest BCUT2D eigenvalue weighted by atomic mass is 32.2. The molecule has 1 unspecified atom stereocenters. The van der Waals surface area contributed by atoms with E-state index in [0.29, 0.717) is 27.7 Å². The molecule has 0 radical (unpaired) electrons. The standard InChI is InChI=1S/C26H28N4O6S/c1-6-7-12-37-26-27-24(33)22-18-10-8-9-11-19(18)29(15(2)31)25(30(22)28-26)17-13-20(34-4)23(36-16(3)32)21(14-17)35-5/h8-11,13-14,25H,6-7,12H2,1-5H3/p+1. The van der Waals surface area contributed by atoms with Gasteiger partial charge in [0.25, 0.3) is 6.17 Å². The molecule has 1 amide bonds. The van der Waals surface area contributed by atoms with Gasteiger partial charge < -0.3 is 14.2 Å². The van der Waals surface area contributed by atoms with Gasteiger partial charge in [-0.1, -0.05) is 37.2 Å². The van der Waals surface area contributed by atoms with Crippen LogP contribution in [0.4, 0.5) is 5.69 Å². The molecule has 4 rings (SSSR count). The number of aromatic amines is 1. The Morgan fingerprint density at radius 1 is 1.14 bits per heavy atom. The Hall–Kier alpha value is -3.86. The lowest BCUT2D eigenvalue weighted by atomic mass is 10.0. The molecule has 2 heterocycles. The highest BCUT2D eigenvalue weighted by molar-refractivity contribution is 7.99. The van der Waals surface area contributed by atoms with Crippen molar-refractivity contribution >= 4 is 29.3 Å². The minimum Gasteiger partial charge on any atom is -0.493 e. The van der Waals surface area contributed by atoms with Crippen molar-refractivity contribution in [3.8, 4) is 28.5 Å². The summed E-state index contributed by atoms with van der Waals surface area (Å²) >= 11 is 1.45. The van der Waals surface area contributed by atoms with E-state index in [1.165, 1.54) is 39.8 Å². The number of carbonyl (C=O) groups excluding carboxylic acids is 2. The maximum atomic E-state index is 13.4. The molecule has 1 aromatic heterocycles. The zero-order valence-electron chi connectivity index (χ0n) is 21.4. The number of esters is 1. The summed E-state index contributed by atoms with van der Waals surface area (Å²) < 4.78 is 18.0. The number of H-pyrrole nitrogens is 1. The number of para-hydroxylation sites is 1. The maximum Gasteiger partial charge on any atom is 0.325 e. The smallest absolute Gasteiger partial charge is 0.325 e. The van der Waals surface area contributed by atoms with Crippen LogP contribution in [0.3, 0.4) is 0 Å². The fourth-order valence-electron chi connectivity index (χ4n) is 4.28. The van der Waals surface area contributed by atoms with Gasteiger partial charge >= 0.3 is 17.2 Å². The van der Waals surface area contributed by atoms with Gasteiger partial charge in [0.2, 0.25) is 16.8 Å². The summed E-state index contributed by atoms with van der Waals surface area (Å²) in [6, 6.07) is 10.5. The Morgan fingerprint density at radius 2 is 1.81 bits per heavy atom. The number of carbonyl (C=O) groups is 2. The van der Waals surface area contributed by atoms with E-state index >= 15 is 0 Å². The molecule has 0 spiro atoms.